The summed E-state index contributed by atoms with van der Waals surface area (Å²) in [6.45, 7) is 1.85. The SMILES string of the molecule is O=C([C@H]1CCCN1C(=O)Nc1ccc2ccccc2c1)N1CCc2c([nH]c3ccccc23)C1. The number of hydrogen-bond donors (Lipinski definition) is 2. The number of nitrogens with one attached hydrogen (secondary N) is 2. The van der Waals surface area contributed by atoms with Gasteiger partial charge in [0.15, 0.2) is 0 Å². The first-order valence-corrected chi connectivity index (χ1v) is 11.6. The Bertz CT molecular complexity index is 1380. The zero-order valence-electron chi connectivity index (χ0n) is 18.4. The molecule has 0 aliphatic carbocycles. The first kappa shape index (κ1) is 19.9. The number of aromatic amines is 1. The fraction of sp³-hybridized carbons (Fsp3) is 0.259. The minimum absolute atomic E-state index is 0.0467. The number of para-hydroxylation sites is 1. The van der Waals surface area contributed by atoms with Crippen molar-refractivity contribution in [2.45, 2.75) is 31.8 Å². The second kappa shape index (κ2) is 7.96. The van der Waals surface area contributed by atoms with Gasteiger partial charge in [-0.25, -0.2) is 4.79 Å². The van der Waals surface area contributed by atoms with Crippen molar-refractivity contribution in [3.8, 4) is 0 Å². The van der Waals surface area contributed by atoms with E-state index in [4.69, 9.17) is 0 Å². The van der Waals surface area contributed by atoms with Crippen LogP contribution in [0.4, 0.5) is 10.5 Å². The molecule has 2 N–H and O–H groups in total. The predicted molar refractivity (Wildman–Crippen MR) is 130 cm³/mol. The number of benzene rings is 3. The van der Waals surface area contributed by atoms with E-state index in [1.165, 1.54) is 10.9 Å². The largest absolute Gasteiger partial charge is 0.357 e. The molecule has 0 saturated carbocycles. The second-order valence-electron chi connectivity index (χ2n) is 8.98. The number of aromatic nitrogens is 1. The maximum atomic E-state index is 13.5. The van der Waals surface area contributed by atoms with Gasteiger partial charge in [0.1, 0.15) is 6.04 Å². The lowest BCUT2D eigenvalue weighted by Crippen LogP contribution is -2.50. The fourth-order valence-corrected chi connectivity index (χ4v) is 5.32. The smallest absolute Gasteiger partial charge is 0.322 e. The molecule has 6 rings (SSSR count). The quantitative estimate of drug-likeness (QED) is 0.467. The van der Waals surface area contributed by atoms with Crippen LogP contribution in [0.5, 0.6) is 0 Å². The van der Waals surface area contributed by atoms with Crippen LogP contribution in [0, 0.1) is 0 Å². The third kappa shape index (κ3) is 3.52. The molecule has 0 unspecified atom stereocenters. The standard InChI is InChI=1S/C27H26N4O2/c32-26(30-15-13-22-21-8-3-4-9-23(21)29-24(22)17-30)25-10-5-14-31(25)27(33)28-20-12-11-18-6-1-2-7-19(18)16-20/h1-4,6-9,11-12,16,25,29H,5,10,13-15,17H2,(H,28,33)/t25-/m1/s1. The van der Waals surface area contributed by atoms with Crippen LogP contribution in [0.15, 0.2) is 66.7 Å². The van der Waals surface area contributed by atoms with Crippen LogP contribution >= 0.6 is 0 Å². The topological polar surface area (TPSA) is 68.4 Å². The average molecular weight is 439 g/mol. The summed E-state index contributed by atoms with van der Waals surface area (Å²) in [6, 6.07) is 21.6. The molecule has 1 atom stereocenters. The molecular weight excluding hydrogens is 412 g/mol. The first-order valence-electron chi connectivity index (χ1n) is 11.6. The monoisotopic (exact) mass is 438 g/mol. The van der Waals surface area contributed by atoms with E-state index in [9.17, 15) is 9.59 Å². The van der Waals surface area contributed by atoms with Crippen molar-refractivity contribution >= 4 is 39.3 Å². The van der Waals surface area contributed by atoms with Gasteiger partial charge in [-0.2, -0.15) is 0 Å². The Hall–Kier alpha value is -3.80. The highest BCUT2D eigenvalue weighted by molar-refractivity contribution is 5.96. The zero-order valence-corrected chi connectivity index (χ0v) is 18.4. The van der Waals surface area contributed by atoms with E-state index in [1.54, 1.807) is 4.90 Å². The van der Waals surface area contributed by atoms with E-state index in [2.05, 4.69) is 28.5 Å². The van der Waals surface area contributed by atoms with Crippen LogP contribution in [-0.4, -0.2) is 45.9 Å². The maximum absolute atomic E-state index is 13.5. The molecule has 1 saturated heterocycles. The van der Waals surface area contributed by atoms with E-state index in [1.807, 2.05) is 53.4 Å². The Kier molecular flexibility index (Phi) is 4.79. The van der Waals surface area contributed by atoms with E-state index < -0.39 is 6.04 Å². The van der Waals surface area contributed by atoms with Crippen molar-refractivity contribution in [1.82, 2.24) is 14.8 Å². The third-order valence-corrected chi connectivity index (χ3v) is 6.99. The normalized spacial score (nSPS) is 18.0. The number of carbonyl (C=O) groups is 2. The lowest BCUT2D eigenvalue weighted by Gasteiger charge is -2.32. The molecule has 3 heterocycles. The van der Waals surface area contributed by atoms with Gasteiger partial charge in [-0.05, 0) is 53.8 Å². The van der Waals surface area contributed by atoms with Crippen molar-refractivity contribution in [3.05, 3.63) is 78.0 Å². The van der Waals surface area contributed by atoms with Gasteiger partial charge in [0.05, 0.1) is 6.54 Å². The van der Waals surface area contributed by atoms with Gasteiger partial charge in [-0.15, -0.1) is 0 Å². The molecule has 6 nitrogen and oxygen atoms in total. The summed E-state index contributed by atoms with van der Waals surface area (Å²) in [6.07, 6.45) is 2.38. The van der Waals surface area contributed by atoms with Crippen molar-refractivity contribution in [1.29, 1.82) is 0 Å². The third-order valence-electron chi connectivity index (χ3n) is 6.99. The van der Waals surface area contributed by atoms with Crippen LogP contribution in [0.2, 0.25) is 0 Å². The van der Waals surface area contributed by atoms with Crippen LogP contribution in [0.25, 0.3) is 21.7 Å². The van der Waals surface area contributed by atoms with E-state index in [0.717, 1.165) is 40.5 Å². The van der Waals surface area contributed by atoms with E-state index in [-0.39, 0.29) is 11.9 Å². The highest BCUT2D eigenvalue weighted by atomic mass is 16.2. The minimum atomic E-state index is -0.406. The summed E-state index contributed by atoms with van der Waals surface area (Å²) in [5.41, 5.74) is 4.29. The van der Waals surface area contributed by atoms with Crippen molar-refractivity contribution in [2.75, 3.05) is 18.4 Å². The van der Waals surface area contributed by atoms with Gasteiger partial charge in [-0.1, -0.05) is 48.5 Å². The minimum Gasteiger partial charge on any atom is -0.357 e. The molecule has 1 aromatic heterocycles. The van der Waals surface area contributed by atoms with Gasteiger partial charge in [0, 0.05) is 35.4 Å². The number of amides is 3. The number of fused-ring (bicyclic) bond motifs is 4. The predicted octanol–water partition coefficient (Wildman–Crippen LogP) is 4.90. The van der Waals surface area contributed by atoms with E-state index in [0.29, 0.717) is 26.1 Å². The number of urea groups is 1. The first-order chi connectivity index (χ1) is 16.2. The Labute approximate surface area is 192 Å². The molecular formula is C27H26N4O2. The molecule has 33 heavy (non-hydrogen) atoms. The molecule has 0 radical (unpaired) electrons. The molecule has 6 heteroatoms. The Balaban J connectivity index is 1.18. The number of H-pyrrole nitrogens is 1. The van der Waals surface area contributed by atoms with E-state index >= 15 is 0 Å². The lowest BCUT2D eigenvalue weighted by molar-refractivity contribution is -0.136. The molecule has 0 spiro atoms. The molecule has 4 aromatic rings. The van der Waals surface area contributed by atoms with Gasteiger partial charge < -0.3 is 20.1 Å². The summed E-state index contributed by atoms with van der Waals surface area (Å²) in [5, 5.41) is 6.46. The summed E-state index contributed by atoms with van der Waals surface area (Å²) in [4.78, 5) is 33.7. The highest BCUT2D eigenvalue weighted by Gasteiger charge is 2.38. The number of carbonyl (C=O) groups excluding carboxylic acids is 2. The van der Waals surface area contributed by atoms with Gasteiger partial charge in [0.2, 0.25) is 5.91 Å². The molecule has 3 amide bonds. The molecule has 166 valence electrons. The average Bonchev–Trinajstić information content (AvgIpc) is 3.48. The number of rotatable bonds is 2. The highest BCUT2D eigenvalue weighted by Crippen LogP contribution is 2.29. The molecule has 2 aliphatic heterocycles. The zero-order chi connectivity index (χ0) is 22.4. The maximum Gasteiger partial charge on any atom is 0.322 e. The van der Waals surface area contributed by atoms with Crippen LogP contribution in [-0.2, 0) is 17.8 Å². The Morgan fingerprint density at radius 1 is 0.939 bits per heavy atom. The number of likely N-dealkylation sites (tertiary alicyclic amines) is 1. The molecule has 1 fully saturated rings. The number of hydrogen-bond acceptors (Lipinski definition) is 2. The lowest BCUT2D eigenvalue weighted by atomic mass is 10.0. The number of nitrogens with zero attached hydrogens (tertiary/aromatic N) is 2. The number of anilines is 1. The van der Waals surface area contributed by atoms with Crippen molar-refractivity contribution in [2.24, 2.45) is 0 Å². The summed E-state index contributed by atoms with van der Waals surface area (Å²) in [5.74, 6) is 0.0467. The summed E-state index contributed by atoms with van der Waals surface area (Å²) < 4.78 is 0. The van der Waals surface area contributed by atoms with Gasteiger partial charge >= 0.3 is 6.03 Å². The van der Waals surface area contributed by atoms with Gasteiger partial charge in [-0.3, -0.25) is 4.79 Å². The van der Waals surface area contributed by atoms with Gasteiger partial charge in [0.25, 0.3) is 0 Å². The van der Waals surface area contributed by atoms with Crippen molar-refractivity contribution < 1.29 is 9.59 Å². The Morgan fingerprint density at radius 2 is 1.76 bits per heavy atom. The van der Waals surface area contributed by atoms with Crippen LogP contribution < -0.4 is 5.32 Å². The molecule has 3 aromatic carbocycles. The molecule has 0 bridgehead atoms. The second-order valence-corrected chi connectivity index (χ2v) is 8.98. The van der Waals surface area contributed by atoms with Crippen LogP contribution in [0.3, 0.4) is 0 Å². The Morgan fingerprint density at radius 3 is 2.67 bits per heavy atom. The fourth-order valence-electron chi connectivity index (χ4n) is 5.32. The van der Waals surface area contributed by atoms with Crippen LogP contribution in [0.1, 0.15) is 24.1 Å². The van der Waals surface area contributed by atoms with Crippen molar-refractivity contribution in [3.63, 3.8) is 0 Å². The summed E-state index contributed by atoms with van der Waals surface area (Å²) in [7, 11) is 0. The molecule has 2 aliphatic rings. The summed E-state index contributed by atoms with van der Waals surface area (Å²) >= 11 is 0.